The molecule has 25 heavy (non-hydrogen) atoms. The van der Waals surface area contributed by atoms with Crippen molar-refractivity contribution in [2.45, 2.75) is 117 Å². The summed E-state index contributed by atoms with van der Waals surface area (Å²) in [5.74, 6) is 0.765. The molecule has 0 aromatic heterocycles. The Labute approximate surface area is 157 Å². The maximum atomic E-state index is 2.62. The Kier molecular flexibility index (Phi) is 5.67. The van der Waals surface area contributed by atoms with E-state index in [0.717, 1.165) is 5.92 Å². The van der Waals surface area contributed by atoms with Gasteiger partial charge in [-0.2, -0.15) is 0 Å². The van der Waals surface area contributed by atoms with Gasteiger partial charge in [0.05, 0.1) is 0 Å². The van der Waals surface area contributed by atoms with Gasteiger partial charge < -0.3 is 4.90 Å². The van der Waals surface area contributed by atoms with Gasteiger partial charge in [0.25, 0.3) is 0 Å². The molecule has 1 nitrogen and oxygen atoms in total. The molecule has 1 aromatic rings. The van der Waals surface area contributed by atoms with Gasteiger partial charge in [0.2, 0.25) is 0 Å². The van der Waals surface area contributed by atoms with E-state index >= 15 is 0 Å². The molecule has 0 heterocycles. The van der Waals surface area contributed by atoms with Gasteiger partial charge in [-0.1, -0.05) is 52.2 Å². The summed E-state index contributed by atoms with van der Waals surface area (Å²) < 4.78 is 0. The van der Waals surface area contributed by atoms with Crippen LogP contribution in [0.25, 0.3) is 0 Å². The summed E-state index contributed by atoms with van der Waals surface area (Å²) in [7, 11) is 0. The molecule has 0 unspecified atom stereocenters. The standard InChI is InChI=1S/C24H41N/c1-22(2,3)20-17-19(18-13-11-10-12-14-18)15-16-21(20)25(23(4,5)6)24(7,8)9/h15-18H,10-14H2,1-9H3. The van der Waals surface area contributed by atoms with Crippen LogP contribution in [0.5, 0.6) is 0 Å². The fraction of sp³-hybridized carbons (Fsp3) is 0.750. The van der Waals surface area contributed by atoms with Crippen LogP contribution in [-0.4, -0.2) is 11.1 Å². The molecule has 1 saturated carbocycles. The summed E-state index contributed by atoms with van der Waals surface area (Å²) in [6.07, 6.45) is 6.94. The van der Waals surface area contributed by atoms with E-state index in [1.165, 1.54) is 43.4 Å². The van der Waals surface area contributed by atoms with Gasteiger partial charge in [0.1, 0.15) is 0 Å². The summed E-state index contributed by atoms with van der Waals surface area (Å²) in [6.45, 7) is 21.1. The fourth-order valence-corrected chi connectivity index (χ4v) is 4.77. The molecule has 2 rings (SSSR count). The lowest BCUT2D eigenvalue weighted by Crippen LogP contribution is -2.53. The zero-order chi connectivity index (χ0) is 19.0. The molecule has 1 fully saturated rings. The van der Waals surface area contributed by atoms with E-state index in [4.69, 9.17) is 0 Å². The minimum Gasteiger partial charge on any atom is -0.362 e. The lowest BCUT2D eigenvalue weighted by Gasteiger charge is -2.49. The Hall–Kier alpha value is -0.980. The van der Waals surface area contributed by atoms with Gasteiger partial charge in [-0.05, 0) is 82.9 Å². The van der Waals surface area contributed by atoms with Crippen LogP contribution in [0.15, 0.2) is 18.2 Å². The average molecular weight is 344 g/mol. The molecule has 0 radical (unpaired) electrons. The second kappa shape index (κ2) is 6.97. The molecule has 0 spiro atoms. The third-order valence-electron chi connectivity index (χ3n) is 5.49. The van der Waals surface area contributed by atoms with Crippen LogP contribution >= 0.6 is 0 Å². The van der Waals surface area contributed by atoms with Crippen molar-refractivity contribution < 1.29 is 0 Å². The van der Waals surface area contributed by atoms with Crippen molar-refractivity contribution in [1.29, 1.82) is 0 Å². The van der Waals surface area contributed by atoms with Crippen LogP contribution in [0.4, 0.5) is 5.69 Å². The van der Waals surface area contributed by atoms with Crippen LogP contribution in [0.1, 0.15) is 111 Å². The SMILES string of the molecule is CC(C)(C)c1cc(C2CCCCC2)ccc1N(C(C)(C)C)C(C)(C)C. The van der Waals surface area contributed by atoms with Crippen LogP contribution in [0.2, 0.25) is 0 Å². The zero-order valence-corrected chi connectivity index (χ0v) is 18.3. The summed E-state index contributed by atoms with van der Waals surface area (Å²) in [5, 5.41) is 0. The maximum absolute atomic E-state index is 2.62. The highest BCUT2D eigenvalue weighted by Gasteiger charge is 2.35. The number of benzene rings is 1. The molecule has 1 aliphatic carbocycles. The quantitative estimate of drug-likeness (QED) is 0.539. The topological polar surface area (TPSA) is 3.24 Å². The maximum Gasteiger partial charge on any atom is 0.0413 e. The Morgan fingerprint density at radius 3 is 1.72 bits per heavy atom. The highest BCUT2D eigenvalue weighted by molar-refractivity contribution is 5.61. The monoisotopic (exact) mass is 343 g/mol. The van der Waals surface area contributed by atoms with E-state index in [0.29, 0.717) is 0 Å². The smallest absolute Gasteiger partial charge is 0.0413 e. The third-order valence-corrected chi connectivity index (χ3v) is 5.49. The normalized spacial score (nSPS) is 17.6. The first kappa shape index (κ1) is 20.3. The molecule has 0 amide bonds. The Morgan fingerprint density at radius 2 is 1.28 bits per heavy atom. The summed E-state index contributed by atoms with van der Waals surface area (Å²) in [6, 6.07) is 7.38. The number of anilines is 1. The lowest BCUT2D eigenvalue weighted by atomic mass is 9.78. The van der Waals surface area contributed by atoms with Crippen molar-refractivity contribution >= 4 is 5.69 Å². The minimum absolute atomic E-state index is 0.0879. The Balaban J connectivity index is 2.57. The van der Waals surface area contributed by atoms with Gasteiger partial charge in [0.15, 0.2) is 0 Å². The van der Waals surface area contributed by atoms with Crippen LogP contribution in [0, 0.1) is 0 Å². The molecule has 142 valence electrons. The Bertz CT molecular complexity index is 558. The molecule has 0 atom stereocenters. The van der Waals surface area contributed by atoms with Gasteiger partial charge in [-0.3, -0.25) is 0 Å². The molecule has 1 aromatic carbocycles. The molecular formula is C24H41N. The average Bonchev–Trinajstić information content (AvgIpc) is 2.44. The Morgan fingerprint density at radius 1 is 0.760 bits per heavy atom. The van der Waals surface area contributed by atoms with Crippen molar-refractivity contribution in [1.82, 2.24) is 0 Å². The predicted molar refractivity (Wildman–Crippen MR) is 113 cm³/mol. The number of rotatable bonds is 2. The second-order valence-electron chi connectivity index (χ2n) is 11.0. The molecule has 0 saturated heterocycles. The summed E-state index contributed by atoms with van der Waals surface area (Å²) in [5.41, 5.74) is 4.80. The molecule has 0 bridgehead atoms. The van der Waals surface area contributed by atoms with Crippen molar-refractivity contribution in [2.24, 2.45) is 0 Å². The minimum atomic E-state index is 0.0879. The number of nitrogens with zero attached hydrogens (tertiary/aromatic N) is 1. The van der Waals surface area contributed by atoms with Crippen LogP contribution in [0.3, 0.4) is 0 Å². The highest BCUT2D eigenvalue weighted by Crippen LogP contribution is 2.42. The molecule has 0 N–H and O–H groups in total. The van der Waals surface area contributed by atoms with Crippen molar-refractivity contribution in [3.63, 3.8) is 0 Å². The first-order valence-electron chi connectivity index (χ1n) is 10.3. The summed E-state index contributed by atoms with van der Waals surface area (Å²) in [4.78, 5) is 2.62. The van der Waals surface area contributed by atoms with E-state index in [2.05, 4.69) is 85.4 Å². The van der Waals surface area contributed by atoms with E-state index in [1.807, 2.05) is 0 Å². The molecular weight excluding hydrogens is 302 g/mol. The first-order chi connectivity index (χ1) is 11.3. The largest absolute Gasteiger partial charge is 0.362 e. The number of hydrogen-bond donors (Lipinski definition) is 0. The van der Waals surface area contributed by atoms with Crippen molar-refractivity contribution in [2.75, 3.05) is 4.90 Å². The highest BCUT2D eigenvalue weighted by atomic mass is 15.2. The van der Waals surface area contributed by atoms with Crippen molar-refractivity contribution in [3.8, 4) is 0 Å². The van der Waals surface area contributed by atoms with E-state index in [1.54, 1.807) is 5.56 Å². The van der Waals surface area contributed by atoms with Gasteiger partial charge in [0, 0.05) is 16.8 Å². The van der Waals surface area contributed by atoms with E-state index in [-0.39, 0.29) is 16.5 Å². The van der Waals surface area contributed by atoms with Gasteiger partial charge in [-0.25, -0.2) is 0 Å². The van der Waals surface area contributed by atoms with Gasteiger partial charge in [-0.15, -0.1) is 0 Å². The molecule has 0 aliphatic heterocycles. The predicted octanol–water partition coefficient (Wildman–Crippen LogP) is 7.44. The van der Waals surface area contributed by atoms with Gasteiger partial charge >= 0.3 is 0 Å². The second-order valence-corrected chi connectivity index (χ2v) is 11.0. The molecule has 1 heteroatoms. The van der Waals surface area contributed by atoms with E-state index < -0.39 is 0 Å². The summed E-state index contributed by atoms with van der Waals surface area (Å²) >= 11 is 0. The number of hydrogen-bond acceptors (Lipinski definition) is 1. The van der Waals surface area contributed by atoms with Crippen LogP contribution < -0.4 is 4.90 Å². The third kappa shape index (κ3) is 4.80. The lowest BCUT2D eigenvalue weighted by molar-refractivity contribution is 0.377. The zero-order valence-electron chi connectivity index (χ0n) is 18.3. The fourth-order valence-electron chi connectivity index (χ4n) is 4.77. The molecule has 1 aliphatic rings. The first-order valence-corrected chi connectivity index (χ1v) is 10.3. The van der Waals surface area contributed by atoms with E-state index in [9.17, 15) is 0 Å². The van der Waals surface area contributed by atoms with Crippen LogP contribution in [-0.2, 0) is 5.41 Å². The van der Waals surface area contributed by atoms with Crippen molar-refractivity contribution in [3.05, 3.63) is 29.3 Å².